The van der Waals surface area contributed by atoms with Crippen LogP contribution in [0.1, 0.15) is 24.3 Å². The van der Waals surface area contributed by atoms with Gasteiger partial charge in [0.1, 0.15) is 5.69 Å². The molecular formula is C12H17N3O3. The molecule has 0 aromatic carbocycles. The molecule has 1 aliphatic rings. The average Bonchev–Trinajstić information content (AvgIpc) is 2.30. The molecule has 1 aromatic heterocycles. The topological polar surface area (TPSA) is 64.4 Å². The van der Waals surface area contributed by atoms with E-state index in [0.29, 0.717) is 18.8 Å². The molecule has 2 heterocycles. The summed E-state index contributed by atoms with van der Waals surface area (Å²) in [4.78, 5) is 25.2. The molecular weight excluding hydrogens is 234 g/mol. The van der Waals surface area contributed by atoms with Gasteiger partial charge in [0.2, 0.25) is 0 Å². The van der Waals surface area contributed by atoms with E-state index < -0.39 is 0 Å². The number of hydrogen-bond donors (Lipinski definition) is 0. The molecule has 2 rings (SSSR count). The Kier molecular flexibility index (Phi) is 3.47. The lowest BCUT2D eigenvalue weighted by atomic mass is 10.2. The molecule has 1 saturated heterocycles. The predicted octanol–water partition coefficient (Wildman–Crippen LogP) is 0.0297. The van der Waals surface area contributed by atoms with Crippen molar-refractivity contribution in [1.29, 1.82) is 0 Å². The van der Waals surface area contributed by atoms with E-state index in [-0.39, 0.29) is 23.7 Å². The first-order valence-electron chi connectivity index (χ1n) is 5.96. The molecule has 6 nitrogen and oxygen atoms in total. The first-order chi connectivity index (χ1) is 8.47. The van der Waals surface area contributed by atoms with Gasteiger partial charge in [-0.15, -0.1) is 0 Å². The van der Waals surface area contributed by atoms with Crippen molar-refractivity contribution in [2.75, 3.05) is 13.1 Å². The fourth-order valence-corrected chi connectivity index (χ4v) is 2.12. The number of morpholine rings is 1. The normalized spacial score (nSPS) is 24.1. The van der Waals surface area contributed by atoms with E-state index >= 15 is 0 Å². The summed E-state index contributed by atoms with van der Waals surface area (Å²) in [6.07, 6.45) is 0.0375. The van der Waals surface area contributed by atoms with Gasteiger partial charge in [-0.1, -0.05) is 0 Å². The van der Waals surface area contributed by atoms with Crippen LogP contribution >= 0.6 is 0 Å². The number of carbonyl (C=O) groups excluding carboxylic acids is 1. The molecule has 0 N–H and O–H groups in total. The van der Waals surface area contributed by atoms with Gasteiger partial charge in [-0.05, 0) is 19.9 Å². The van der Waals surface area contributed by atoms with E-state index in [0.717, 1.165) is 0 Å². The maximum atomic E-state index is 12.2. The summed E-state index contributed by atoms with van der Waals surface area (Å²) in [5, 5.41) is 3.97. The number of aromatic nitrogens is 2. The number of nitrogens with zero attached hydrogens (tertiary/aromatic N) is 3. The number of hydrogen-bond acceptors (Lipinski definition) is 4. The van der Waals surface area contributed by atoms with Crippen molar-refractivity contribution in [1.82, 2.24) is 14.7 Å². The molecule has 18 heavy (non-hydrogen) atoms. The highest BCUT2D eigenvalue weighted by molar-refractivity contribution is 5.92. The van der Waals surface area contributed by atoms with Crippen LogP contribution in [0.15, 0.2) is 16.9 Å². The standard InChI is InChI=1S/C12H17N3O3/c1-8-6-15(7-9(2)18-8)12(17)10-4-5-11(16)14(3)13-10/h4-5,8-9H,6-7H2,1-3H3. The van der Waals surface area contributed by atoms with Crippen molar-refractivity contribution in [2.45, 2.75) is 26.1 Å². The predicted molar refractivity (Wildman–Crippen MR) is 65.4 cm³/mol. The van der Waals surface area contributed by atoms with Crippen molar-refractivity contribution >= 4 is 5.91 Å². The second-order valence-electron chi connectivity index (χ2n) is 4.65. The Morgan fingerprint density at radius 3 is 2.50 bits per heavy atom. The Morgan fingerprint density at radius 1 is 1.33 bits per heavy atom. The molecule has 1 fully saturated rings. The average molecular weight is 251 g/mol. The highest BCUT2D eigenvalue weighted by atomic mass is 16.5. The molecule has 0 saturated carbocycles. The lowest BCUT2D eigenvalue weighted by Crippen LogP contribution is -2.48. The smallest absolute Gasteiger partial charge is 0.274 e. The van der Waals surface area contributed by atoms with Crippen LogP contribution in [-0.2, 0) is 11.8 Å². The van der Waals surface area contributed by atoms with Crippen molar-refractivity contribution in [3.05, 3.63) is 28.2 Å². The summed E-state index contributed by atoms with van der Waals surface area (Å²) in [7, 11) is 1.53. The zero-order chi connectivity index (χ0) is 13.3. The van der Waals surface area contributed by atoms with E-state index in [1.807, 2.05) is 13.8 Å². The largest absolute Gasteiger partial charge is 0.372 e. The molecule has 2 unspecified atom stereocenters. The van der Waals surface area contributed by atoms with Gasteiger partial charge in [0.15, 0.2) is 0 Å². The fourth-order valence-electron chi connectivity index (χ4n) is 2.12. The molecule has 0 bridgehead atoms. The van der Waals surface area contributed by atoms with E-state index in [1.54, 1.807) is 4.90 Å². The van der Waals surface area contributed by atoms with E-state index in [4.69, 9.17) is 4.74 Å². The lowest BCUT2D eigenvalue weighted by molar-refractivity contribution is -0.0587. The van der Waals surface area contributed by atoms with Crippen molar-refractivity contribution in [3.63, 3.8) is 0 Å². The highest BCUT2D eigenvalue weighted by Crippen LogP contribution is 2.12. The molecule has 0 aliphatic carbocycles. The fraction of sp³-hybridized carbons (Fsp3) is 0.583. The number of carbonyl (C=O) groups is 1. The summed E-state index contributed by atoms with van der Waals surface area (Å²) in [6, 6.07) is 2.82. The van der Waals surface area contributed by atoms with Crippen LogP contribution in [-0.4, -0.2) is 45.9 Å². The Labute approximate surface area is 105 Å². The van der Waals surface area contributed by atoms with Gasteiger partial charge in [0.05, 0.1) is 12.2 Å². The van der Waals surface area contributed by atoms with Gasteiger partial charge < -0.3 is 9.64 Å². The van der Waals surface area contributed by atoms with Gasteiger partial charge in [0.25, 0.3) is 11.5 Å². The molecule has 6 heteroatoms. The number of rotatable bonds is 1. The Morgan fingerprint density at radius 2 is 1.94 bits per heavy atom. The highest BCUT2D eigenvalue weighted by Gasteiger charge is 2.27. The van der Waals surface area contributed by atoms with E-state index in [2.05, 4.69) is 5.10 Å². The van der Waals surface area contributed by atoms with Crippen LogP contribution < -0.4 is 5.56 Å². The molecule has 1 amide bonds. The van der Waals surface area contributed by atoms with Crippen molar-refractivity contribution in [3.8, 4) is 0 Å². The molecule has 0 spiro atoms. The van der Waals surface area contributed by atoms with Crippen molar-refractivity contribution < 1.29 is 9.53 Å². The van der Waals surface area contributed by atoms with E-state index in [9.17, 15) is 9.59 Å². The van der Waals surface area contributed by atoms with Crippen LogP contribution in [0.4, 0.5) is 0 Å². The summed E-state index contributed by atoms with van der Waals surface area (Å²) >= 11 is 0. The minimum absolute atomic E-state index is 0.0187. The Balaban J connectivity index is 2.20. The zero-order valence-electron chi connectivity index (χ0n) is 10.8. The third-order valence-electron chi connectivity index (χ3n) is 2.89. The minimum atomic E-state index is -0.227. The molecule has 98 valence electrons. The second-order valence-corrected chi connectivity index (χ2v) is 4.65. The third-order valence-corrected chi connectivity index (χ3v) is 2.89. The second kappa shape index (κ2) is 4.89. The molecule has 0 radical (unpaired) electrons. The van der Waals surface area contributed by atoms with Crippen molar-refractivity contribution in [2.24, 2.45) is 7.05 Å². The monoisotopic (exact) mass is 251 g/mol. The van der Waals surface area contributed by atoms with Gasteiger partial charge in [-0.3, -0.25) is 9.59 Å². The minimum Gasteiger partial charge on any atom is -0.372 e. The maximum Gasteiger partial charge on any atom is 0.274 e. The number of amides is 1. The van der Waals surface area contributed by atoms with Crippen LogP contribution in [0.5, 0.6) is 0 Å². The summed E-state index contributed by atoms with van der Waals surface area (Å²) in [6.45, 7) is 4.97. The Bertz CT molecular complexity index is 502. The Hall–Kier alpha value is -1.69. The van der Waals surface area contributed by atoms with Gasteiger partial charge in [0, 0.05) is 26.2 Å². The van der Waals surface area contributed by atoms with Crippen LogP contribution in [0.25, 0.3) is 0 Å². The third kappa shape index (κ3) is 2.59. The summed E-state index contributed by atoms with van der Waals surface area (Å²) in [5.74, 6) is -0.160. The first kappa shape index (κ1) is 12.8. The van der Waals surface area contributed by atoms with Crippen LogP contribution in [0.3, 0.4) is 0 Å². The quantitative estimate of drug-likeness (QED) is 0.706. The van der Waals surface area contributed by atoms with Gasteiger partial charge >= 0.3 is 0 Å². The van der Waals surface area contributed by atoms with Crippen LogP contribution in [0.2, 0.25) is 0 Å². The van der Waals surface area contributed by atoms with Gasteiger partial charge in [-0.25, -0.2) is 4.68 Å². The van der Waals surface area contributed by atoms with E-state index in [1.165, 1.54) is 23.9 Å². The maximum absolute atomic E-state index is 12.2. The first-order valence-corrected chi connectivity index (χ1v) is 5.96. The SMILES string of the molecule is CC1CN(C(=O)c2ccc(=O)n(C)n2)CC(C)O1. The molecule has 1 aliphatic heterocycles. The lowest BCUT2D eigenvalue weighted by Gasteiger charge is -2.35. The number of ether oxygens (including phenoxy) is 1. The molecule has 2 atom stereocenters. The number of aryl methyl sites for hydroxylation is 1. The summed E-state index contributed by atoms with van der Waals surface area (Å²) in [5.41, 5.74) is 0.0636. The van der Waals surface area contributed by atoms with Gasteiger partial charge in [-0.2, -0.15) is 5.10 Å². The van der Waals surface area contributed by atoms with Crippen LogP contribution in [0, 0.1) is 0 Å². The summed E-state index contributed by atoms with van der Waals surface area (Å²) < 4.78 is 6.74. The zero-order valence-corrected chi connectivity index (χ0v) is 10.8. The molecule has 1 aromatic rings.